The summed E-state index contributed by atoms with van der Waals surface area (Å²) in [5.41, 5.74) is 0. The van der Waals surface area contributed by atoms with Gasteiger partial charge in [0, 0.05) is 0 Å². The Balaban J connectivity index is 3.65. The lowest BCUT2D eigenvalue weighted by molar-refractivity contribution is -0.151. The van der Waals surface area contributed by atoms with Gasteiger partial charge in [0.2, 0.25) is 0 Å². The molecular formula is C16H30O4. The summed E-state index contributed by atoms with van der Waals surface area (Å²) in [6.07, 6.45) is 4.48. The Kier molecular flexibility index (Phi) is 11.1. The maximum Gasteiger partial charge on any atom is 0.306 e. The van der Waals surface area contributed by atoms with Gasteiger partial charge in [-0.2, -0.15) is 0 Å². The fraction of sp³-hybridized carbons (Fsp3) is 0.875. The normalized spacial score (nSPS) is 13.6. The SMILES string of the molecule is CCCC(C)COC(=O)CCC(=O)OCC(C)CCC. The molecule has 0 aliphatic carbocycles. The highest BCUT2D eigenvalue weighted by atomic mass is 16.5. The standard InChI is InChI=1S/C16H30O4/c1-5-7-13(3)11-19-15(17)9-10-16(18)20-12-14(4)8-6-2/h13-14H,5-12H2,1-4H3. The van der Waals surface area contributed by atoms with Gasteiger partial charge in [-0.1, -0.05) is 40.5 Å². The number of hydrogen-bond donors (Lipinski definition) is 0. The summed E-state index contributed by atoms with van der Waals surface area (Å²) >= 11 is 0. The van der Waals surface area contributed by atoms with Crippen molar-refractivity contribution in [3.05, 3.63) is 0 Å². The zero-order valence-corrected chi connectivity index (χ0v) is 13.4. The Morgan fingerprint density at radius 3 is 1.45 bits per heavy atom. The average Bonchev–Trinajstić information content (AvgIpc) is 2.41. The Morgan fingerprint density at radius 2 is 1.15 bits per heavy atom. The molecule has 0 aliphatic rings. The molecule has 0 bridgehead atoms. The summed E-state index contributed by atoms with van der Waals surface area (Å²) in [6, 6.07) is 0. The smallest absolute Gasteiger partial charge is 0.306 e. The Labute approximate surface area is 123 Å². The highest BCUT2D eigenvalue weighted by Gasteiger charge is 2.12. The van der Waals surface area contributed by atoms with E-state index in [1.54, 1.807) is 0 Å². The quantitative estimate of drug-likeness (QED) is 0.543. The highest BCUT2D eigenvalue weighted by molar-refractivity contribution is 5.77. The molecule has 0 radical (unpaired) electrons. The van der Waals surface area contributed by atoms with Crippen LogP contribution in [0, 0.1) is 11.8 Å². The van der Waals surface area contributed by atoms with Crippen molar-refractivity contribution < 1.29 is 19.1 Å². The molecule has 0 saturated heterocycles. The van der Waals surface area contributed by atoms with Gasteiger partial charge in [-0.15, -0.1) is 0 Å². The first-order valence-corrected chi connectivity index (χ1v) is 7.80. The van der Waals surface area contributed by atoms with E-state index in [4.69, 9.17) is 9.47 Å². The lowest BCUT2D eigenvalue weighted by atomic mass is 10.1. The van der Waals surface area contributed by atoms with Crippen LogP contribution in [-0.2, 0) is 19.1 Å². The van der Waals surface area contributed by atoms with Crippen molar-refractivity contribution in [3.8, 4) is 0 Å². The van der Waals surface area contributed by atoms with E-state index in [-0.39, 0.29) is 24.8 Å². The molecule has 0 aliphatic heterocycles. The van der Waals surface area contributed by atoms with Crippen LogP contribution in [0.5, 0.6) is 0 Å². The number of rotatable bonds is 11. The molecule has 0 N–H and O–H groups in total. The lowest BCUT2D eigenvalue weighted by Crippen LogP contribution is -2.15. The summed E-state index contributed by atoms with van der Waals surface area (Å²) < 4.78 is 10.2. The summed E-state index contributed by atoms with van der Waals surface area (Å²) in [7, 11) is 0. The van der Waals surface area contributed by atoms with E-state index in [1.807, 2.05) is 0 Å². The molecular weight excluding hydrogens is 256 g/mol. The third kappa shape index (κ3) is 10.8. The molecule has 0 aromatic carbocycles. The van der Waals surface area contributed by atoms with Crippen LogP contribution in [0.25, 0.3) is 0 Å². The fourth-order valence-corrected chi connectivity index (χ4v) is 1.97. The second-order valence-corrected chi connectivity index (χ2v) is 5.65. The topological polar surface area (TPSA) is 52.6 Å². The van der Waals surface area contributed by atoms with Gasteiger partial charge < -0.3 is 9.47 Å². The molecule has 118 valence electrons. The van der Waals surface area contributed by atoms with Crippen molar-refractivity contribution in [2.45, 2.75) is 66.2 Å². The van der Waals surface area contributed by atoms with Crippen LogP contribution in [-0.4, -0.2) is 25.2 Å². The Hall–Kier alpha value is -1.06. The minimum absolute atomic E-state index is 0.111. The molecule has 2 unspecified atom stereocenters. The lowest BCUT2D eigenvalue weighted by Gasteiger charge is -2.12. The van der Waals surface area contributed by atoms with Crippen LogP contribution >= 0.6 is 0 Å². The Bertz CT molecular complexity index is 248. The van der Waals surface area contributed by atoms with Crippen molar-refractivity contribution in [2.75, 3.05) is 13.2 Å². The summed E-state index contributed by atoms with van der Waals surface area (Å²) in [4.78, 5) is 22.9. The minimum Gasteiger partial charge on any atom is -0.465 e. The molecule has 0 amide bonds. The Morgan fingerprint density at radius 1 is 0.800 bits per heavy atom. The first kappa shape index (κ1) is 18.9. The van der Waals surface area contributed by atoms with Crippen LogP contribution in [0.4, 0.5) is 0 Å². The number of carbonyl (C=O) groups excluding carboxylic acids is 2. The second kappa shape index (κ2) is 11.7. The van der Waals surface area contributed by atoms with Crippen LogP contribution in [0.15, 0.2) is 0 Å². The third-order valence-electron chi connectivity index (χ3n) is 3.15. The molecule has 0 spiro atoms. The van der Waals surface area contributed by atoms with E-state index in [9.17, 15) is 9.59 Å². The minimum atomic E-state index is -0.313. The van der Waals surface area contributed by atoms with Crippen molar-refractivity contribution in [1.29, 1.82) is 0 Å². The maximum atomic E-state index is 11.5. The first-order chi connectivity index (χ1) is 9.49. The molecule has 4 nitrogen and oxygen atoms in total. The molecule has 0 heterocycles. The van der Waals surface area contributed by atoms with E-state index in [2.05, 4.69) is 27.7 Å². The summed E-state index contributed by atoms with van der Waals surface area (Å²) in [5, 5.41) is 0. The van der Waals surface area contributed by atoms with Gasteiger partial charge in [-0.25, -0.2) is 0 Å². The van der Waals surface area contributed by atoms with Crippen molar-refractivity contribution in [1.82, 2.24) is 0 Å². The third-order valence-corrected chi connectivity index (χ3v) is 3.15. The number of ether oxygens (including phenoxy) is 2. The van der Waals surface area contributed by atoms with E-state index in [1.165, 1.54) is 0 Å². The zero-order chi connectivity index (χ0) is 15.4. The monoisotopic (exact) mass is 286 g/mol. The molecule has 0 fully saturated rings. The van der Waals surface area contributed by atoms with Crippen LogP contribution in [0.3, 0.4) is 0 Å². The molecule has 20 heavy (non-hydrogen) atoms. The van der Waals surface area contributed by atoms with Crippen molar-refractivity contribution >= 4 is 11.9 Å². The second-order valence-electron chi connectivity index (χ2n) is 5.65. The van der Waals surface area contributed by atoms with Crippen molar-refractivity contribution in [2.24, 2.45) is 11.8 Å². The average molecular weight is 286 g/mol. The molecule has 4 heteroatoms. The van der Waals surface area contributed by atoms with Gasteiger partial charge in [0.05, 0.1) is 26.1 Å². The predicted molar refractivity (Wildman–Crippen MR) is 79.3 cm³/mol. The zero-order valence-electron chi connectivity index (χ0n) is 13.4. The number of carbonyl (C=O) groups is 2. The number of esters is 2. The van der Waals surface area contributed by atoms with Crippen LogP contribution < -0.4 is 0 Å². The van der Waals surface area contributed by atoms with Crippen molar-refractivity contribution in [3.63, 3.8) is 0 Å². The molecule has 0 aromatic heterocycles. The maximum absolute atomic E-state index is 11.5. The van der Waals surface area contributed by atoms with Gasteiger partial charge in [0.15, 0.2) is 0 Å². The van der Waals surface area contributed by atoms with Gasteiger partial charge >= 0.3 is 11.9 Å². The van der Waals surface area contributed by atoms with Crippen LogP contribution in [0.1, 0.15) is 66.2 Å². The summed E-state index contributed by atoms with van der Waals surface area (Å²) in [5.74, 6) is 0.134. The van der Waals surface area contributed by atoms with Gasteiger partial charge in [0.25, 0.3) is 0 Å². The largest absolute Gasteiger partial charge is 0.465 e. The molecule has 2 atom stereocenters. The fourth-order valence-electron chi connectivity index (χ4n) is 1.97. The first-order valence-electron chi connectivity index (χ1n) is 7.80. The van der Waals surface area contributed by atoms with Gasteiger partial charge in [-0.05, 0) is 24.7 Å². The van der Waals surface area contributed by atoms with E-state index >= 15 is 0 Å². The highest BCUT2D eigenvalue weighted by Crippen LogP contribution is 2.08. The van der Waals surface area contributed by atoms with Gasteiger partial charge in [-0.3, -0.25) is 9.59 Å². The van der Waals surface area contributed by atoms with E-state index in [0.717, 1.165) is 25.7 Å². The van der Waals surface area contributed by atoms with Gasteiger partial charge in [0.1, 0.15) is 0 Å². The van der Waals surface area contributed by atoms with Crippen LogP contribution in [0.2, 0.25) is 0 Å². The van der Waals surface area contributed by atoms with E-state index in [0.29, 0.717) is 25.0 Å². The summed E-state index contributed by atoms with van der Waals surface area (Å²) in [6.45, 7) is 9.20. The molecule has 0 saturated carbocycles. The molecule has 0 rings (SSSR count). The predicted octanol–water partition coefficient (Wildman–Crippen LogP) is 3.73. The number of hydrogen-bond acceptors (Lipinski definition) is 4. The van der Waals surface area contributed by atoms with E-state index < -0.39 is 0 Å². The molecule has 0 aromatic rings.